The van der Waals surface area contributed by atoms with Crippen LogP contribution in [-0.4, -0.2) is 11.5 Å². The third-order valence-electron chi connectivity index (χ3n) is 4.31. The molecule has 0 atom stereocenters. The summed E-state index contributed by atoms with van der Waals surface area (Å²) in [5.41, 5.74) is 0.857. The first-order valence-electron chi connectivity index (χ1n) is 6.58. The highest BCUT2D eigenvalue weighted by atomic mass is 16.6. The van der Waals surface area contributed by atoms with Crippen LogP contribution < -0.4 is 5.32 Å². The van der Waals surface area contributed by atoms with Gasteiger partial charge in [0.1, 0.15) is 17.3 Å². The Hall–Kier alpha value is -2.09. The molecule has 3 rings (SSSR count). The number of hydrogen-bond acceptors (Lipinski definition) is 4. The summed E-state index contributed by atoms with van der Waals surface area (Å²) in [5, 5.41) is 23.3. The van der Waals surface area contributed by atoms with Gasteiger partial charge in [-0.3, -0.25) is 10.1 Å². The Labute approximate surface area is 111 Å². The Morgan fingerprint density at radius 1 is 1.47 bits per heavy atom. The molecule has 0 bridgehead atoms. The summed E-state index contributed by atoms with van der Waals surface area (Å²) >= 11 is 0. The zero-order valence-electron chi connectivity index (χ0n) is 10.6. The average Bonchev–Trinajstić information content (AvgIpc) is 3.27. The van der Waals surface area contributed by atoms with Crippen molar-refractivity contribution >= 4 is 11.4 Å². The van der Waals surface area contributed by atoms with E-state index in [9.17, 15) is 10.1 Å². The SMILES string of the molecule is N#Cc1cccc(NCC2(C3CC3)CC2)c1[N+](=O)[O-]. The summed E-state index contributed by atoms with van der Waals surface area (Å²) in [4.78, 5) is 10.6. The summed E-state index contributed by atoms with van der Waals surface area (Å²) in [5.74, 6) is 0.804. The second kappa shape index (κ2) is 4.23. The second-order valence-corrected chi connectivity index (χ2v) is 5.56. The average molecular weight is 257 g/mol. The third-order valence-corrected chi connectivity index (χ3v) is 4.31. The molecule has 0 heterocycles. The van der Waals surface area contributed by atoms with Crippen LogP contribution in [0.15, 0.2) is 18.2 Å². The zero-order chi connectivity index (χ0) is 13.5. The molecule has 2 aliphatic carbocycles. The van der Waals surface area contributed by atoms with Gasteiger partial charge >= 0.3 is 5.69 Å². The zero-order valence-corrected chi connectivity index (χ0v) is 10.6. The van der Waals surface area contributed by atoms with E-state index >= 15 is 0 Å². The molecule has 0 saturated heterocycles. The molecule has 2 fully saturated rings. The van der Waals surface area contributed by atoms with Crippen molar-refractivity contribution in [3.63, 3.8) is 0 Å². The van der Waals surface area contributed by atoms with Gasteiger partial charge in [-0.05, 0) is 49.1 Å². The van der Waals surface area contributed by atoms with E-state index in [4.69, 9.17) is 5.26 Å². The van der Waals surface area contributed by atoms with E-state index in [0.29, 0.717) is 11.1 Å². The van der Waals surface area contributed by atoms with E-state index < -0.39 is 4.92 Å². The van der Waals surface area contributed by atoms with Crippen LogP contribution in [-0.2, 0) is 0 Å². The van der Waals surface area contributed by atoms with Crippen molar-refractivity contribution < 1.29 is 4.92 Å². The van der Waals surface area contributed by atoms with Gasteiger partial charge < -0.3 is 5.32 Å². The van der Waals surface area contributed by atoms with Gasteiger partial charge in [-0.15, -0.1) is 0 Å². The van der Waals surface area contributed by atoms with Crippen molar-refractivity contribution in [2.45, 2.75) is 25.7 Å². The first kappa shape index (κ1) is 12.0. The first-order valence-corrected chi connectivity index (χ1v) is 6.58. The predicted molar refractivity (Wildman–Crippen MR) is 70.7 cm³/mol. The number of nitro benzene ring substituents is 1. The van der Waals surface area contributed by atoms with Gasteiger partial charge in [-0.2, -0.15) is 5.26 Å². The Balaban J connectivity index is 1.80. The van der Waals surface area contributed by atoms with Crippen molar-refractivity contribution in [3.8, 4) is 6.07 Å². The van der Waals surface area contributed by atoms with E-state index in [0.717, 1.165) is 12.5 Å². The van der Waals surface area contributed by atoms with Crippen LogP contribution in [0.3, 0.4) is 0 Å². The topological polar surface area (TPSA) is 79.0 Å². The second-order valence-electron chi connectivity index (χ2n) is 5.56. The van der Waals surface area contributed by atoms with Crippen LogP contribution >= 0.6 is 0 Å². The van der Waals surface area contributed by atoms with E-state index in [1.54, 1.807) is 12.1 Å². The van der Waals surface area contributed by atoms with E-state index in [2.05, 4.69) is 5.32 Å². The van der Waals surface area contributed by atoms with Crippen molar-refractivity contribution in [2.24, 2.45) is 11.3 Å². The van der Waals surface area contributed by atoms with Crippen LogP contribution in [0.2, 0.25) is 0 Å². The minimum Gasteiger partial charge on any atom is -0.379 e. The maximum absolute atomic E-state index is 11.1. The quantitative estimate of drug-likeness (QED) is 0.649. The van der Waals surface area contributed by atoms with E-state index in [1.165, 1.54) is 31.7 Å². The molecule has 19 heavy (non-hydrogen) atoms. The molecular weight excluding hydrogens is 242 g/mol. The number of nitrogens with one attached hydrogen (secondary N) is 1. The van der Waals surface area contributed by atoms with Crippen molar-refractivity contribution in [2.75, 3.05) is 11.9 Å². The van der Waals surface area contributed by atoms with Crippen molar-refractivity contribution in [3.05, 3.63) is 33.9 Å². The van der Waals surface area contributed by atoms with Crippen LogP contribution in [0.25, 0.3) is 0 Å². The maximum Gasteiger partial charge on any atom is 0.309 e. The highest BCUT2D eigenvalue weighted by Crippen LogP contribution is 2.61. The van der Waals surface area contributed by atoms with Crippen LogP contribution in [0.4, 0.5) is 11.4 Å². The molecule has 2 saturated carbocycles. The molecule has 2 aliphatic rings. The molecular formula is C14H15N3O2. The number of anilines is 1. The summed E-state index contributed by atoms with van der Waals surface area (Å²) in [7, 11) is 0. The fourth-order valence-corrected chi connectivity index (χ4v) is 2.83. The summed E-state index contributed by atoms with van der Waals surface area (Å²) in [6.07, 6.45) is 5.02. The molecule has 1 aromatic rings. The minimum atomic E-state index is -0.475. The lowest BCUT2D eigenvalue weighted by Crippen LogP contribution is -2.18. The third kappa shape index (κ3) is 2.14. The van der Waals surface area contributed by atoms with Crippen LogP contribution in [0.1, 0.15) is 31.2 Å². The van der Waals surface area contributed by atoms with E-state index in [-0.39, 0.29) is 11.3 Å². The monoisotopic (exact) mass is 257 g/mol. The number of hydrogen-bond donors (Lipinski definition) is 1. The van der Waals surface area contributed by atoms with Gasteiger partial charge in [0, 0.05) is 6.54 Å². The Morgan fingerprint density at radius 3 is 2.74 bits per heavy atom. The standard InChI is InChI=1S/C14H15N3O2/c15-8-10-2-1-3-12(13(10)17(18)19)16-9-14(6-7-14)11-4-5-11/h1-3,11,16H,4-7,9H2. The smallest absolute Gasteiger partial charge is 0.309 e. The van der Waals surface area contributed by atoms with Gasteiger partial charge in [0.2, 0.25) is 0 Å². The minimum absolute atomic E-state index is 0.100. The number of rotatable bonds is 5. The first-order chi connectivity index (χ1) is 9.16. The molecule has 98 valence electrons. The largest absolute Gasteiger partial charge is 0.379 e. The lowest BCUT2D eigenvalue weighted by Gasteiger charge is -2.16. The predicted octanol–water partition coefficient (Wildman–Crippen LogP) is 3.07. The van der Waals surface area contributed by atoms with E-state index in [1.807, 2.05) is 6.07 Å². The number of para-hydroxylation sites is 1. The Kier molecular flexibility index (Phi) is 2.67. The number of nitro groups is 1. The van der Waals surface area contributed by atoms with Crippen molar-refractivity contribution in [1.29, 1.82) is 5.26 Å². The Morgan fingerprint density at radius 2 is 2.21 bits per heavy atom. The molecule has 5 nitrogen and oxygen atoms in total. The normalized spacial score (nSPS) is 19.5. The molecule has 5 heteroatoms. The van der Waals surface area contributed by atoms with Gasteiger partial charge in [0.05, 0.1) is 4.92 Å². The molecule has 0 aromatic heterocycles. The van der Waals surface area contributed by atoms with Gasteiger partial charge in [-0.25, -0.2) is 0 Å². The molecule has 0 aliphatic heterocycles. The molecule has 0 radical (unpaired) electrons. The molecule has 0 unspecified atom stereocenters. The van der Waals surface area contributed by atoms with Gasteiger partial charge in [0.25, 0.3) is 0 Å². The molecule has 1 aromatic carbocycles. The highest BCUT2D eigenvalue weighted by Gasteiger charge is 2.53. The Bertz CT molecular complexity index is 569. The van der Waals surface area contributed by atoms with Crippen LogP contribution in [0, 0.1) is 32.8 Å². The maximum atomic E-state index is 11.1. The molecule has 0 amide bonds. The van der Waals surface area contributed by atoms with Gasteiger partial charge in [0.15, 0.2) is 0 Å². The lowest BCUT2D eigenvalue weighted by molar-refractivity contribution is -0.384. The summed E-state index contributed by atoms with van der Waals surface area (Å²) in [6, 6.07) is 6.73. The summed E-state index contributed by atoms with van der Waals surface area (Å²) in [6.45, 7) is 0.785. The highest BCUT2D eigenvalue weighted by molar-refractivity contribution is 5.68. The fraction of sp³-hybridized carbons (Fsp3) is 0.500. The number of nitriles is 1. The lowest BCUT2D eigenvalue weighted by atomic mass is 10.0. The number of nitrogens with zero attached hydrogens (tertiary/aromatic N) is 2. The van der Waals surface area contributed by atoms with Gasteiger partial charge in [-0.1, -0.05) is 6.07 Å². The van der Waals surface area contributed by atoms with Crippen molar-refractivity contribution in [1.82, 2.24) is 0 Å². The number of benzene rings is 1. The van der Waals surface area contributed by atoms with Crippen LogP contribution in [0.5, 0.6) is 0 Å². The molecule has 0 spiro atoms. The summed E-state index contributed by atoms with van der Waals surface area (Å²) < 4.78 is 0. The fourth-order valence-electron chi connectivity index (χ4n) is 2.83. The molecule has 1 N–H and O–H groups in total.